The number of hydrogen-bond acceptors (Lipinski definition) is 2. The monoisotopic (exact) mass is 871 g/mol. The van der Waals surface area contributed by atoms with Gasteiger partial charge in [-0.3, -0.25) is 0 Å². The Kier molecular flexibility index (Phi) is 8.88. The number of benzene rings is 8. The average molecular weight is 872 g/mol. The van der Waals surface area contributed by atoms with Gasteiger partial charge in [0, 0.05) is 33.4 Å². The Morgan fingerprint density at radius 3 is 1.24 bits per heavy atom. The number of aryl methyl sites for hydroxylation is 1. The molecule has 3 heteroatoms. The number of allylic oxidation sites excluding steroid dienone is 2. The summed E-state index contributed by atoms with van der Waals surface area (Å²) in [5, 5.41) is 5.36. The molecule has 0 radical (unpaired) electrons. The van der Waals surface area contributed by atoms with Crippen molar-refractivity contribution in [2.24, 2.45) is 0 Å². The normalized spacial score (nSPS) is 16.5. The lowest BCUT2D eigenvalue weighted by Crippen LogP contribution is -2.27. The third-order valence-corrected chi connectivity index (χ3v) is 18.8. The molecule has 12 rings (SSSR count). The Hall–Kier alpha value is -6.73. The third kappa shape index (κ3) is 5.90. The first kappa shape index (κ1) is 40.8. The second-order valence-corrected chi connectivity index (χ2v) is 23.3. The molecule has 0 unspecified atom stereocenters. The maximum atomic E-state index is 16.3. The van der Waals surface area contributed by atoms with Gasteiger partial charge < -0.3 is 9.88 Å². The highest BCUT2D eigenvalue weighted by Crippen LogP contribution is 2.55. The van der Waals surface area contributed by atoms with E-state index in [1.807, 2.05) is 0 Å². The molecule has 8 aromatic rings. The largest absolute Gasteiger partial charge is 0.378 e. The predicted molar refractivity (Wildman–Crippen MR) is 279 cm³/mol. The lowest BCUT2D eigenvalue weighted by Gasteiger charge is -2.27. The van der Waals surface area contributed by atoms with Gasteiger partial charge in [0.05, 0.1) is 5.44 Å². The van der Waals surface area contributed by atoms with Crippen molar-refractivity contribution >= 4 is 23.3 Å². The number of nitrogens with one attached hydrogen (secondary N) is 1. The molecule has 0 spiro atoms. The van der Waals surface area contributed by atoms with Gasteiger partial charge in [-0.1, -0.05) is 205 Å². The summed E-state index contributed by atoms with van der Waals surface area (Å²) in [6.07, 6.45) is 4.27. The summed E-state index contributed by atoms with van der Waals surface area (Å²) in [6, 6.07) is 62.1. The molecule has 0 saturated heterocycles. The van der Waals surface area contributed by atoms with E-state index < -0.39 is 7.14 Å². The lowest BCUT2D eigenvalue weighted by molar-refractivity contribution is 0.588. The van der Waals surface area contributed by atoms with E-state index in [1.54, 1.807) is 0 Å². The van der Waals surface area contributed by atoms with Gasteiger partial charge in [0.2, 0.25) is 0 Å². The third-order valence-electron chi connectivity index (χ3n) is 15.7. The summed E-state index contributed by atoms with van der Waals surface area (Å²) in [5.41, 5.74) is 24.8. The van der Waals surface area contributed by atoms with Crippen molar-refractivity contribution < 1.29 is 4.57 Å². The SMILES string of the molecule is Cc1ccc2c(c1)C(C)(C)c1cc(C3=CC=C(P(=O)(c4ccc(-c5ccc6c(c5)C(C)(C)c5ccccc5-6)cc4)c4ccc(-c5ccc6c(c5)C(C)(C)c5ccccc5-6)cc4)NC3)ccc1-2. The molecule has 4 aliphatic rings. The van der Waals surface area contributed by atoms with Gasteiger partial charge in [-0.15, -0.1) is 0 Å². The van der Waals surface area contributed by atoms with Gasteiger partial charge >= 0.3 is 0 Å². The lowest BCUT2D eigenvalue weighted by atomic mass is 9.81. The Morgan fingerprint density at radius 1 is 0.394 bits per heavy atom. The first-order valence-electron chi connectivity index (χ1n) is 23.5. The number of rotatable bonds is 6. The van der Waals surface area contributed by atoms with Crippen LogP contribution in [0.1, 0.15) is 86.1 Å². The van der Waals surface area contributed by atoms with Crippen molar-refractivity contribution in [2.45, 2.75) is 64.7 Å². The summed E-state index contributed by atoms with van der Waals surface area (Å²) in [7, 11) is -3.36. The van der Waals surface area contributed by atoms with Crippen LogP contribution in [0.2, 0.25) is 0 Å². The smallest absolute Gasteiger partial charge is 0.186 e. The summed E-state index contributed by atoms with van der Waals surface area (Å²) < 4.78 is 16.3. The van der Waals surface area contributed by atoms with Crippen molar-refractivity contribution in [1.29, 1.82) is 0 Å². The molecule has 1 aliphatic heterocycles. The fraction of sp³-hybridized carbons (Fsp3) is 0.175. The van der Waals surface area contributed by atoms with Crippen LogP contribution in [0, 0.1) is 6.92 Å². The van der Waals surface area contributed by atoms with E-state index >= 15 is 4.57 Å². The van der Waals surface area contributed by atoms with Crippen LogP contribution in [-0.2, 0) is 20.8 Å². The van der Waals surface area contributed by atoms with Crippen LogP contribution < -0.4 is 15.9 Å². The van der Waals surface area contributed by atoms with Gasteiger partial charge in [-0.05, 0) is 131 Å². The average Bonchev–Trinajstić information content (AvgIpc) is 3.82. The molecular formula is C63H54NOP. The molecule has 2 nitrogen and oxygen atoms in total. The van der Waals surface area contributed by atoms with Crippen LogP contribution >= 0.6 is 7.14 Å². The quantitative estimate of drug-likeness (QED) is 0.169. The fourth-order valence-electron chi connectivity index (χ4n) is 11.9. The van der Waals surface area contributed by atoms with Crippen LogP contribution in [0.15, 0.2) is 187 Å². The zero-order valence-electron chi connectivity index (χ0n) is 38.9. The standard InChI is InChI=1S/C63H54NOP/c1-39-16-29-50-53-32-23-44(37-59(53)63(6,7)56(50)34-39)45-24-33-60(64-38-45)66(65,46-25-17-40(18-26-46)42-21-30-51-48-12-8-10-14-54(48)61(2,3)57(51)35-42)47-27-19-41(20-28-47)43-22-31-52-49-13-9-11-15-55(49)62(4,5)58(52)36-43/h8-37,64H,38H2,1-7H3. The van der Waals surface area contributed by atoms with Crippen LogP contribution in [0.5, 0.6) is 0 Å². The summed E-state index contributed by atoms with van der Waals surface area (Å²) in [5.74, 6) is 0. The van der Waals surface area contributed by atoms with Crippen molar-refractivity contribution in [3.05, 3.63) is 232 Å². The molecule has 1 heterocycles. The van der Waals surface area contributed by atoms with E-state index in [9.17, 15) is 0 Å². The molecular weight excluding hydrogens is 818 g/mol. The molecule has 0 fully saturated rings. The highest BCUT2D eigenvalue weighted by Gasteiger charge is 2.39. The fourth-order valence-corrected chi connectivity index (χ4v) is 14.4. The van der Waals surface area contributed by atoms with E-state index in [2.05, 4.69) is 236 Å². The number of hydrogen-bond donors (Lipinski definition) is 1. The van der Waals surface area contributed by atoms with Crippen LogP contribution in [0.4, 0.5) is 0 Å². The van der Waals surface area contributed by atoms with Gasteiger partial charge in [0.1, 0.15) is 0 Å². The molecule has 1 N–H and O–H groups in total. The van der Waals surface area contributed by atoms with E-state index in [0.717, 1.165) is 27.2 Å². The number of dihydropyridines is 1. The molecule has 0 aromatic heterocycles. The molecule has 3 aliphatic carbocycles. The van der Waals surface area contributed by atoms with Crippen molar-refractivity contribution in [3.8, 4) is 55.6 Å². The number of fused-ring (bicyclic) bond motifs is 9. The minimum Gasteiger partial charge on any atom is -0.378 e. The van der Waals surface area contributed by atoms with E-state index in [1.165, 1.54) is 94.6 Å². The zero-order chi connectivity index (χ0) is 45.3. The van der Waals surface area contributed by atoms with Crippen molar-refractivity contribution in [3.63, 3.8) is 0 Å². The van der Waals surface area contributed by atoms with Crippen molar-refractivity contribution in [1.82, 2.24) is 5.32 Å². The Balaban J connectivity index is 0.917. The molecule has 0 bridgehead atoms. The Bertz CT molecular complexity index is 3310. The maximum Gasteiger partial charge on any atom is 0.186 e. The maximum absolute atomic E-state index is 16.3. The van der Waals surface area contributed by atoms with E-state index in [-0.39, 0.29) is 16.2 Å². The second kappa shape index (κ2) is 14.4. The summed E-state index contributed by atoms with van der Waals surface area (Å²) >= 11 is 0. The second-order valence-electron chi connectivity index (χ2n) is 20.6. The molecule has 0 atom stereocenters. The molecule has 66 heavy (non-hydrogen) atoms. The molecule has 0 amide bonds. The van der Waals surface area contributed by atoms with Crippen LogP contribution in [0.3, 0.4) is 0 Å². The first-order chi connectivity index (χ1) is 31.7. The van der Waals surface area contributed by atoms with E-state index in [4.69, 9.17) is 0 Å². The van der Waals surface area contributed by atoms with Crippen molar-refractivity contribution in [2.75, 3.05) is 6.54 Å². The van der Waals surface area contributed by atoms with Crippen LogP contribution in [0.25, 0.3) is 61.2 Å². The van der Waals surface area contributed by atoms with Crippen LogP contribution in [-0.4, -0.2) is 6.54 Å². The van der Waals surface area contributed by atoms with Gasteiger partial charge in [0.25, 0.3) is 0 Å². The molecule has 0 saturated carbocycles. The van der Waals surface area contributed by atoms with Gasteiger partial charge in [-0.25, -0.2) is 0 Å². The van der Waals surface area contributed by atoms with Gasteiger partial charge in [0.15, 0.2) is 7.14 Å². The summed E-state index contributed by atoms with van der Waals surface area (Å²) in [4.78, 5) is 0. The first-order valence-corrected chi connectivity index (χ1v) is 25.2. The highest BCUT2D eigenvalue weighted by molar-refractivity contribution is 7.82. The highest BCUT2D eigenvalue weighted by atomic mass is 31.2. The van der Waals surface area contributed by atoms with Gasteiger partial charge in [-0.2, -0.15) is 0 Å². The minimum absolute atomic E-state index is 0.0869. The zero-order valence-corrected chi connectivity index (χ0v) is 39.8. The topological polar surface area (TPSA) is 29.1 Å². The molecule has 8 aromatic carbocycles. The minimum atomic E-state index is -3.36. The molecule has 322 valence electrons. The summed E-state index contributed by atoms with van der Waals surface area (Å²) in [6.45, 7) is 16.7. The predicted octanol–water partition coefficient (Wildman–Crippen LogP) is 15.1. The van der Waals surface area contributed by atoms with E-state index in [0.29, 0.717) is 6.54 Å². The Morgan fingerprint density at radius 2 is 0.773 bits per heavy atom. The Labute approximate surface area is 390 Å².